The molecule has 0 aliphatic carbocycles. The molecule has 1 rings (SSSR count). The summed E-state index contributed by atoms with van der Waals surface area (Å²) in [6.07, 6.45) is 6.09. The van der Waals surface area contributed by atoms with Crippen molar-refractivity contribution in [2.45, 2.75) is 52.4 Å². The quantitative estimate of drug-likeness (QED) is 0.431. The van der Waals surface area contributed by atoms with Gasteiger partial charge in [0.15, 0.2) is 0 Å². The SMILES string of the molecule is CCCCC#CC1=C(C#CCCCC)C(=O)OC1. The van der Waals surface area contributed by atoms with Gasteiger partial charge in [0, 0.05) is 12.8 Å². The Kier molecular flexibility index (Phi) is 6.74. The van der Waals surface area contributed by atoms with Crippen LogP contribution in [0, 0.1) is 23.7 Å². The third kappa shape index (κ3) is 4.68. The lowest BCUT2D eigenvalue weighted by Gasteiger charge is -1.87. The molecule has 0 aromatic rings. The maximum absolute atomic E-state index is 11.5. The number of rotatable bonds is 4. The molecule has 0 unspecified atom stereocenters. The van der Waals surface area contributed by atoms with Gasteiger partial charge in [-0.2, -0.15) is 0 Å². The minimum absolute atomic E-state index is 0.287. The number of esters is 1. The van der Waals surface area contributed by atoms with Gasteiger partial charge in [-0.3, -0.25) is 0 Å². The van der Waals surface area contributed by atoms with Crippen molar-refractivity contribution in [2.75, 3.05) is 6.61 Å². The van der Waals surface area contributed by atoms with E-state index in [1.165, 1.54) is 0 Å². The van der Waals surface area contributed by atoms with E-state index >= 15 is 0 Å². The maximum Gasteiger partial charge on any atom is 0.348 e. The summed E-state index contributed by atoms with van der Waals surface area (Å²) in [4.78, 5) is 11.5. The molecule has 0 bridgehead atoms. The first kappa shape index (κ1) is 14.4. The van der Waals surface area contributed by atoms with Crippen molar-refractivity contribution < 1.29 is 9.53 Å². The summed E-state index contributed by atoms with van der Waals surface area (Å²) >= 11 is 0. The zero-order valence-electron chi connectivity index (χ0n) is 11.3. The first-order chi connectivity index (χ1) is 8.79. The van der Waals surface area contributed by atoms with Gasteiger partial charge < -0.3 is 4.74 Å². The minimum Gasteiger partial charge on any atom is -0.456 e. The molecular formula is C16H20O2. The smallest absolute Gasteiger partial charge is 0.348 e. The van der Waals surface area contributed by atoms with E-state index in [9.17, 15) is 4.79 Å². The van der Waals surface area contributed by atoms with E-state index in [1.807, 2.05) is 0 Å². The molecule has 0 aromatic carbocycles. The van der Waals surface area contributed by atoms with Crippen molar-refractivity contribution in [3.8, 4) is 23.7 Å². The van der Waals surface area contributed by atoms with Gasteiger partial charge in [0.25, 0.3) is 0 Å². The van der Waals surface area contributed by atoms with Gasteiger partial charge >= 0.3 is 5.97 Å². The number of ether oxygens (including phenoxy) is 1. The molecule has 0 atom stereocenters. The van der Waals surface area contributed by atoms with Crippen molar-refractivity contribution in [1.82, 2.24) is 0 Å². The van der Waals surface area contributed by atoms with Crippen LogP contribution in [-0.2, 0) is 9.53 Å². The molecule has 0 saturated carbocycles. The number of unbranched alkanes of at least 4 members (excludes halogenated alkanes) is 4. The molecule has 0 amide bonds. The third-order valence-electron chi connectivity index (χ3n) is 2.62. The first-order valence-electron chi connectivity index (χ1n) is 6.67. The van der Waals surface area contributed by atoms with E-state index in [0.717, 1.165) is 44.1 Å². The zero-order chi connectivity index (χ0) is 13.2. The van der Waals surface area contributed by atoms with Crippen molar-refractivity contribution in [1.29, 1.82) is 0 Å². The summed E-state index contributed by atoms with van der Waals surface area (Å²) in [6, 6.07) is 0. The van der Waals surface area contributed by atoms with Gasteiger partial charge in [0.1, 0.15) is 12.2 Å². The van der Waals surface area contributed by atoms with Crippen molar-refractivity contribution in [3.63, 3.8) is 0 Å². The van der Waals surface area contributed by atoms with Gasteiger partial charge in [0.05, 0.1) is 5.57 Å². The van der Waals surface area contributed by atoms with Crippen LogP contribution in [0.15, 0.2) is 11.1 Å². The lowest BCUT2D eigenvalue weighted by Crippen LogP contribution is -1.96. The monoisotopic (exact) mass is 244 g/mol. The standard InChI is InChI=1S/C16H20O2/c1-3-5-7-9-11-14-13-18-16(17)15(14)12-10-8-6-4-2/h3-8,13H2,1-2H3. The highest BCUT2D eigenvalue weighted by atomic mass is 16.5. The Morgan fingerprint density at radius 2 is 1.67 bits per heavy atom. The van der Waals surface area contributed by atoms with Gasteiger partial charge in [0.2, 0.25) is 0 Å². The molecule has 18 heavy (non-hydrogen) atoms. The van der Waals surface area contributed by atoms with Crippen LogP contribution >= 0.6 is 0 Å². The summed E-state index contributed by atoms with van der Waals surface area (Å²) in [7, 11) is 0. The molecule has 2 nitrogen and oxygen atoms in total. The van der Waals surface area contributed by atoms with E-state index in [4.69, 9.17) is 4.74 Å². The minimum atomic E-state index is -0.321. The molecule has 0 radical (unpaired) electrons. The number of hydrogen-bond donors (Lipinski definition) is 0. The molecule has 1 heterocycles. The number of cyclic esters (lactones) is 1. The van der Waals surface area contributed by atoms with E-state index in [-0.39, 0.29) is 12.6 Å². The lowest BCUT2D eigenvalue weighted by molar-refractivity contribution is -0.135. The molecule has 1 aliphatic rings. The summed E-state index contributed by atoms with van der Waals surface area (Å²) in [5.74, 6) is 11.7. The highest BCUT2D eigenvalue weighted by Crippen LogP contribution is 2.14. The normalized spacial score (nSPS) is 13.6. The second-order valence-electron chi connectivity index (χ2n) is 4.24. The van der Waals surface area contributed by atoms with E-state index in [1.54, 1.807) is 0 Å². The Morgan fingerprint density at radius 1 is 1.06 bits per heavy atom. The summed E-state index contributed by atoms with van der Waals surface area (Å²) < 4.78 is 4.97. The molecular weight excluding hydrogens is 224 g/mol. The van der Waals surface area contributed by atoms with Gasteiger partial charge in [-0.05, 0) is 12.8 Å². The second kappa shape index (κ2) is 8.43. The van der Waals surface area contributed by atoms with Crippen LogP contribution in [-0.4, -0.2) is 12.6 Å². The summed E-state index contributed by atoms with van der Waals surface area (Å²) in [6.45, 7) is 4.54. The zero-order valence-corrected chi connectivity index (χ0v) is 11.3. The number of carbonyl (C=O) groups excluding carboxylic acids is 1. The maximum atomic E-state index is 11.5. The molecule has 0 N–H and O–H groups in total. The van der Waals surface area contributed by atoms with E-state index in [0.29, 0.717) is 5.57 Å². The second-order valence-corrected chi connectivity index (χ2v) is 4.24. The molecule has 96 valence electrons. The Morgan fingerprint density at radius 3 is 2.28 bits per heavy atom. The average Bonchev–Trinajstić information content (AvgIpc) is 2.72. The highest BCUT2D eigenvalue weighted by Gasteiger charge is 2.21. The largest absolute Gasteiger partial charge is 0.456 e. The summed E-state index contributed by atoms with van der Waals surface area (Å²) in [5, 5.41) is 0. The summed E-state index contributed by atoms with van der Waals surface area (Å²) in [5.41, 5.74) is 1.22. The van der Waals surface area contributed by atoms with Crippen molar-refractivity contribution >= 4 is 5.97 Å². The Balaban J connectivity index is 2.68. The first-order valence-corrected chi connectivity index (χ1v) is 6.67. The Bertz CT molecular complexity index is 435. The van der Waals surface area contributed by atoms with Crippen LogP contribution in [0.3, 0.4) is 0 Å². The Hall–Kier alpha value is -1.67. The number of carbonyl (C=O) groups is 1. The fraction of sp³-hybridized carbons (Fsp3) is 0.562. The fourth-order valence-corrected chi connectivity index (χ4v) is 1.48. The average molecular weight is 244 g/mol. The topological polar surface area (TPSA) is 26.3 Å². The van der Waals surface area contributed by atoms with Crippen LogP contribution in [0.25, 0.3) is 0 Å². The molecule has 0 aromatic heterocycles. The fourth-order valence-electron chi connectivity index (χ4n) is 1.48. The third-order valence-corrected chi connectivity index (χ3v) is 2.62. The van der Waals surface area contributed by atoms with Crippen molar-refractivity contribution in [2.24, 2.45) is 0 Å². The Labute approximate surface area is 110 Å². The van der Waals surface area contributed by atoms with Gasteiger partial charge in [-0.15, -0.1) is 0 Å². The van der Waals surface area contributed by atoms with Gasteiger partial charge in [-0.25, -0.2) is 4.79 Å². The van der Waals surface area contributed by atoms with Crippen LogP contribution in [0.1, 0.15) is 52.4 Å². The molecule has 2 heteroatoms. The molecule has 0 saturated heterocycles. The van der Waals surface area contributed by atoms with Gasteiger partial charge in [-0.1, -0.05) is 50.4 Å². The predicted molar refractivity (Wildman–Crippen MR) is 72.6 cm³/mol. The van der Waals surface area contributed by atoms with Crippen LogP contribution in [0.5, 0.6) is 0 Å². The van der Waals surface area contributed by atoms with Crippen LogP contribution in [0.4, 0.5) is 0 Å². The van der Waals surface area contributed by atoms with Crippen LogP contribution < -0.4 is 0 Å². The van der Waals surface area contributed by atoms with Crippen LogP contribution in [0.2, 0.25) is 0 Å². The predicted octanol–water partition coefficient (Wildman–Crippen LogP) is 3.23. The molecule has 1 aliphatic heterocycles. The number of hydrogen-bond acceptors (Lipinski definition) is 2. The highest BCUT2D eigenvalue weighted by molar-refractivity contribution is 5.97. The van der Waals surface area contributed by atoms with Crippen molar-refractivity contribution in [3.05, 3.63) is 11.1 Å². The van der Waals surface area contributed by atoms with E-state index in [2.05, 4.69) is 37.5 Å². The van der Waals surface area contributed by atoms with E-state index < -0.39 is 0 Å². The molecule has 0 fully saturated rings. The lowest BCUT2D eigenvalue weighted by atomic mass is 10.1. The molecule has 0 spiro atoms.